The summed E-state index contributed by atoms with van der Waals surface area (Å²) in [4.78, 5) is 17.9. The largest absolute Gasteiger partial charge is 0.291 e. The SMILES string of the molecule is Cc1cccc(/C=c2\sc3nc(C(C)c4ccc(-c5ccccc5)c(F)c4)nn3c2=O)c1. The first-order valence-corrected chi connectivity index (χ1v) is 11.1. The molecule has 2 aromatic heterocycles. The molecule has 3 aromatic carbocycles. The first kappa shape index (κ1) is 20.3. The number of aryl methyl sites for hydroxylation is 1. The van der Waals surface area contributed by atoms with Crippen LogP contribution >= 0.6 is 11.3 Å². The van der Waals surface area contributed by atoms with Gasteiger partial charge in [-0.3, -0.25) is 4.79 Å². The number of fused-ring (bicyclic) bond motifs is 1. The van der Waals surface area contributed by atoms with Crippen molar-refractivity contribution in [3.05, 3.63) is 116 Å². The molecule has 0 fully saturated rings. The Morgan fingerprint density at radius 3 is 2.56 bits per heavy atom. The van der Waals surface area contributed by atoms with Gasteiger partial charge in [-0.25, -0.2) is 9.37 Å². The van der Waals surface area contributed by atoms with Gasteiger partial charge in [0.15, 0.2) is 5.82 Å². The molecular weight excluding hydrogens is 421 g/mol. The summed E-state index contributed by atoms with van der Waals surface area (Å²) in [6, 6.07) is 22.6. The molecule has 2 heterocycles. The van der Waals surface area contributed by atoms with Crippen LogP contribution in [0.1, 0.15) is 35.4 Å². The quantitative estimate of drug-likeness (QED) is 0.396. The first-order valence-electron chi connectivity index (χ1n) is 10.3. The molecule has 5 rings (SSSR count). The lowest BCUT2D eigenvalue weighted by molar-refractivity contribution is 0.626. The molecule has 4 nitrogen and oxygen atoms in total. The maximum atomic E-state index is 14.8. The van der Waals surface area contributed by atoms with Crippen LogP contribution in [-0.4, -0.2) is 14.6 Å². The molecule has 32 heavy (non-hydrogen) atoms. The van der Waals surface area contributed by atoms with E-state index in [9.17, 15) is 9.18 Å². The van der Waals surface area contributed by atoms with Gasteiger partial charge in [-0.15, -0.1) is 5.10 Å². The predicted molar refractivity (Wildman–Crippen MR) is 126 cm³/mol. The second-order valence-corrected chi connectivity index (χ2v) is 8.83. The van der Waals surface area contributed by atoms with Gasteiger partial charge in [0.05, 0.1) is 4.53 Å². The highest BCUT2D eigenvalue weighted by atomic mass is 32.1. The summed E-state index contributed by atoms with van der Waals surface area (Å²) in [5.74, 6) is -0.0338. The molecule has 158 valence electrons. The molecule has 1 unspecified atom stereocenters. The van der Waals surface area contributed by atoms with E-state index in [2.05, 4.69) is 10.1 Å². The molecular formula is C26H20FN3OS. The molecule has 0 N–H and O–H groups in total. The van der Waals surface area contributed by atoms with E-state index in [-0.39, 0.29) is 17.3 Å². The fraction of sp³-hybridized carbons (Fsp3) is 0.115. The van der Waals surface area contributed by atoms with Crippen LogP contribution in [0, 0.1) is 12.7 Å². The number of halogens is 1. The standard InChI is InChI=1S/C26H20FN3OS/c1-16-7-6-8-18(13-16)14-23-25(31)30-26(32-23)28-24(29-30)17(2)20-11-12-21(22(27)15-20)19-9-4-3-5-10-19/h3-15,17H,1-2H3/b23-14-. The van der Waals surface area contributed by atoms with Crippen LogP contribution in [0.5, 0.6) is 0 Å². The lowest BCUT2D eigenvalue weighted by Gasteiger charge is -2.10. The zero-order valence-corrected chi connectivity index (χ0v) is 18.4. The van der Waals surface area contributed by atoms with E-state index in [1.54, 1.807) is 6.07 Å². The van der Waals surface area contributed by atoms with Crippen LogP contribution < -0.4 is 10.1 Å². The number of thiazole rings is 1. The van der Waals surface area contributed by atoms with Crippen LogP contribution in [0.15, 0.2) is 77.6 Å². The van der Waals surface area contributed by atoms with Crippen molar-refractivity contribution in [2.24, 2.45) is 0 Å². The molecule has 0 saturated carbocycles. The van der Waals surface area contributed by atoms with E-state index < -0.39 is 0 Å². The summed E-state index contributed by atoms with van der Waals surface area (Å²) in [6.07, 6.45) is 1.86. The topological polar surface area (TPSA) is 47.3 Å². The van der Waals surface area contributed by atoms with E-state index in [4.69, 9.17) is 0 Å². The van der Waals surface area contributed by atoms with E-state index in [1.807, 2.05) is 80.6 Å². The van der Waals surface area contributed by atoms with Gasteiger partial charge in [-0.1, -0.05) is 90.6 Å². The Balaban J connectivity index is 1.48. The molecule has 0 bridgehead atoms. The van der Waals surface area contributed by atoms with Crippen molar-refractivity contribution in [3.8, 4) is 11.1 Å². The molecule has 0 aliphatic heterocycles. The Morgan fingerprint density at radius 2 is 1.84 bits per heavy atom. The van der Waals surface area contributed by atoms with E-state index in [0.29, 0.717) is 20.9 Å². The van der Waals surface area contributed by atoms with Gasteiger partial charge in [-0.2, -0.15) is 4.52 Å². The number of rotatable bonds is 4. The molecule has 0 aliphatic rings. The van der Waals surface area contributed by atoms with Crippen LogP contribution in [0.3, 0.4) is 0 Å². The molecule has 5 aromatic rings. The number of hydrogen-bond donors (Lipinski definition) is 0. The highest BCUT2D eigenvalue weighted by Crippen LogP contribution is 2.28. The van der Waals surface area contributed by atoms with Gasteiger partial charge in [-0.05, 0) is 35.8 Å². The van der Waals surface area contributed by atoms with Gasteiger partial charge < -0.3 is 0 Å². The fourth-order valence-corrected chi connectivity index (χ4v) is 4.66. The molecule has 0 amide bonds. The fourth-order valence-electron chi connectivity index (χ4n) is 3.75. The number of aromatic nitrogens is 3. The first-order chi connectivity index (χ1) is 15.5. The monoisotopic (exact) mass is 441 g/mol. The van der Waals surface area contributed by atoms with E-state index >= 15 is 0 Å². The number of hydrogen-bond acceptors (Lipinski definition) is 4. The van der Waals surface area contributed by atoms with Crippen LogP contribution in [0.2, 0.25) is 0 Å². The smallest absolute Gasteiger partial charge is 0.266 e. The summed E-state index contributed by atoms with van der Waals surface area (Å²) >= 11 is 1.31. The molecule has 0 spiro atoms. The van der Waals surface area contributed by atoms with Crippen molar-refractivity contribution < 1.29 is 4.39 Å². The van der Waals surface area contributed by atoms with Gasteiger partial charge in [0.2, 0.25) is 4.96 Å². The third-order valence-corrected chi connectivity index (χ3v) is 6.46. The van der Waals surface area contributed by atoms with Crippen molar-refractivity contribution in [3.63, 3.8) is 0 Å². The number of nitrogens with zero attached hydrogens (tertiary/aromatic N) is 3. The predicted octanol–water partition coefficient (Wildman–Crippen LogP) is 4.97. The van der Waals surface area contributed by atoms with Crippen molar-refractivity contribution in [1.29, 1.82) is 0 Å². The maximum absolute atomic E-state index is 14.8. The molecule has 6 heteroatoms. The second-order valence-electron chi connectivity index (χ2n) is 7.82. The van der Waals surface area contributed by atoms with Gasteiger partial charge >= 0.3 is 0 Å². The minimum atomic E-state index is -0.291. The summed E-state index contributed by atoms with van der Waals surface area (Å²) in [6.45, 7) is 3.93. The van der Waals surface area contributed by atoms with Gasteiger partial charge in [0.1, 0.15) is 5.82 Å². The zero-order valence-electron chi connectivity index (χ0n) is 17.6. The van der Waals surface area contributed by atoms with Crippen molar-refractivity contribution >= 4 is 22.4 Å². The Bertz CT molecular complexity index is 1540. The minimum Gasteiger partial charge on any atom is -0.266 e. The molecule has 0 radical (unpaired) electrons. The zero-order chi connectivity index (χ0) is 22.2. The second kappa shape index (κ2) is 8.13. The Hall–Kier alpha value is -3.64. The van der Waals surface area contributed by atoms with Gasteiger partial charge in [0, 0.05) is 11.5 Å². The van der Waals surface area contributed by atoms with Crippen molar-refractivity contribution in [1.82, 2.24) is 14.6 Å². The summed E-state index contributed by atoms with van der Waals surface area (Å²) < 4.78 is 16.7. The third-order valence-electron chi connectivity index (χ3n) is 5.50. The lowest BCUT2D eigenvalue weighted by Crippen LogP contribution is -2.24. The highest BCUT2D eigenvalue weighted by Gasteiger charge is 2.19. The number of benzene rings is 3. The average molecular weight is 442 g/mol. The molecule has 0 saturated heterocycles. The highest BCUT2D eigenvalue weighted by molar-refractivity contribution is 7.15. The minimum absolute atomic E-state index is 0.192. The Labute approximate surface area is 188 Å². The molecule has 0 aliphatic carbocycles. The van der Waals surface area contributed by atoms with E-state index in [1.165, 1.54) is 21.9 Å². The Morgan fingerprint density at radius 1 is 1.03 bits per heavy atom. The van der Waals surface area contributed by atoms with Gasteiger partial charge in [0.25, 0.3) is 5.56 Å². The van der Waals surface area contributed by atoms with Crippen LogP contribution in [0.4, 0.5) is 4.39 Å². The van der Waals surface area contributed by atoms with Crippen molar-refractivity contribution in [2.45, 2.75) is 19.8 Å². The van der Waals surface area contributed by atoms with E-state index in [0.717, 1.165) is 22.3 Å². The Kier molecular flexibility index (Phi) is 5.15. The summed E-state index contributed by atoms with van der Waals surface area (Å²) in [5.41, 5.74) is 4.06. The third kappa shape index (κ3) is 3.74. The lowest BCUT2D eigenvalue weighted by atomic mass is 9.96. The maximum Gasteiger partial charge on any atom is 0.291 e. The van der Waals surface area contributed by atoms with Crippen LogP contribution in [0.25, 0.3) is 22.2 Å². The van der Waals surface area contributed by atoms with Crippen LogP contribution in [-0.2, 0) is 0 Å². The molecule has 1 atom stereocenters. The normalized spacial score (nSPS) is 13.0. The summed E-state index contributed by atoms with van der Waals surface area (Å²) in [5, 5.41) is 4.44. The average Bonchev–Trinajstić information content (AvgIpc) is 3.33. The summed E-state index contributed by atoms with van der Waals surface area (Å²) in [7, 11) is 0. The van der Waals surface area contributed by atoms with Crippen molar-refractivity contribution in [2.75, 3.05) is 0 Å².